The molecule has 3 aromatic rings. The quantitative estimate of drug-likeness (QED) is 0.220. The number of ether oxygens (including phenoxy) is 1. The lowest BCUT2D eigenvalue weighted by Gasteiger charge is -2.22. The number of esters is 1. The molecule has 36 heavy (non-hydrogen) atoms. The van der Waals surface area contributed by atoms with E-state index >= 15 is 0 Å². The zero-order chi connectivity index (χ0) is 26.5. The standard InChI is InChI=1S/C30H35IN2O3/c1-29(2,3)22-11-7-20(8-12-22)26(27(34)33-25-17-13-23(31)14-18-25)19-32-24-15-9-21(10-16-24)28(35)36-30(4,5)6/h7-18,26,32H,19H2,1-6H3,(H,33,34). The Kier molecular flexibility index (Phi) is 8.82. The summed E-state index contributed by atoms with van der Waals surface area (Å²) in [6.45, 7) is 12.4. The van der Waals surface area contributed by atoms with Crippen molar-refractivity contribution in [2.75, 3.05) is 17.2 Å². The average molecular weight is 599 g/mol. The van der Waals surface area contributed by atoms with Crippen LogP contribution in [0.4, 0.5) is 11.4 Å². The van der Waals surface area contributed by atoms with E-state index in [-0.39, 0.29) is 17.3 Å². The largest absolute Gasteiger partial charge is 0.456 e. The monoisotopic (exact) mass is 598 g/mol. The topological polar surface area (TPSA) is 67.4 Å². The van der Waals surface area contributed by atoms with Gasteiger partial charge in [-0.25, -0.2) is 4.79 Å². The average Bonchev–Trinajstić information content (AvgIpc) is 2.80. The molecule has 1 amide bonds. The highest BCUT2D eigenvalue weighted by Crippen LogP contribution is 2.26. The number of amides is 1. The van der Waals surface area contributed by atoms with Crippen molar-refractivity contribution in [2.24, 2.45) is 0 Å². The maximum atomic E-state index is 13.4. The molecule has 0 saturated carbocycles. The van der Waals surface area contributed by atoms with Crippen molar-refractivity contribution in [1.82, 2.24) is 0 Å². The molecule has 5 nitrogen and oxygen atoms in total. The van der Waals surface area contributed by atoms with E-state index in [0.29, 0.717) is 12.1 Å². The van der Waals surface area contributed by atoms with E-state index < -0.39 is 11.5 Å². The van der Waals surface area contributed by atoms with Crippen LogP contribution in [0.1, 0.15) is 68.9 Å². The summed E-state index contributed by atoms with van der Waals surface area (Å²) >= 11 is 2.24. The number of anilines is 2. The highest BCUT2D eigenvalue weighted by molar-refractivity contribution is 14.1. The molecule has 6 heteroatoms. The van der Waals surface area contributed by atoms with Gasteiger partial charge in [0, 0.05) is 21.5 Å². The Balaban J connectivity index is 1.77. The second-order valence-corrected chi connectivity index (χ2v) is 12.1. The van der Waals surface area contributed by atoms with Crippen LogP contribution in [-0.2, 0) is 14.9 Å². The molecule has 0 saturated heterocycles. The molecule has 0 aliphatic rings. The summed E-state index contributed by atoms with van der Waals surface area (Å²) in [5.74, 6) is -0.857. The molecule has 0 aliphatic carbocycles. The molecule has 0 bridgehead atoms. The highest BCUT2D eigenvalue weighted by atomic mass is 127. The number of nitrogens with one attached hydrogen (secondary N) is 2. The molecular formula is C30H35IN2O3. The van der Waals surface area contributed by atoms with Crippen molar-refractivity contribution >= 4 is 45.8 Å². The number of halogens is 1. The first kappa shape index (κ1) is 27.7. The molecule has 1 unspecified atom stereocenters. The molecular weight excluding hydrogens is 563 g/mol. The van der Waals surface area contributed by atoms with Gasteiger partial charge in [0.05, 0.1) is 11.5 Å². The fraction of sp³-hybridized carbons (Fsp3) is 0.333. The normalized spacial score (nSPS) is 12.5. The number of carbonyl (C=O) groups is 2. The summed E-state index contributed by atoms with van der Waals surface area (Å²) in [5.41, 5.74) is 3.71. The number of rotatable bonds is 7. The van der Waals surface area contributed by atoms with Gasteiger partial charge in [0.15, 0.2) is 0 Å². The first-order valence-corrected chi connectivity index (χ1v) is 13.1. The van der Waals surface area contributed by atoms with Crippen molar-refractivity contribution in [1.29, 1.82) is 0 Å². The molecule has 3 rings (SSSR count). The smallest absolute Gasteiger partial charge is 0.338 e. The van der Waals surface area contributed by atoms with E-state index in [1.54, 1.807) is 12.1 Å². The molecule has 1 atom stereocenters. The van der Waals surface area contributed by atoms with Crippen LogP contribution in [0.15, 0.2) is 72.8 Å². The van der Waals surface area contributed by atoms with Gasteiger partial charge < -0.3 is 15.4 Å². The Morgan fingerprint density at radius 2 is 1.36 bits per heavy atom. The fourth-order valence-corrected chi connectivity index (χ4v) is 3.98. The Hall–Kier alpha value is -2.87. The third-order valence-corrected chi connectivity index (χ3v) is 6.36. The number of hydrogen-bond donors (Lipinski definition) is 2. The summed E-state index contributed by atoms with van der Waals surface area (Å²) < 4.78 is 6.54. The third kappa shape index (κ3) is 8.08. The minimum Gasteiger partial charge on any atom is -0.456 e. The summed E-state index contributed by atoms with van der Waals surface area (Å²) in [7, 11) is 0. The maximum Gasteiger partial charge on any atom is 0.338 e. The predicted octanol–water partition coefficient (Wildman–Crippen LogP) is 7.38. The van der Waals surface area contributed by atoms with Gasteiger partial charge >= 0.3 is 5.97 Å². The van der Waals surface area contributed by atoms with Gasteiger partial charge in [0.1, 0.15) is 5.60 Å². The van der Waals surface area contributed by atoms with Crippen LogP contribution in [0, 0.1) is 3.57 Å². The number of benzene rings is 3. The second kappa shape index (κ2) is 11.5. The zero-order valence-corrected chi connectivity index (χ0v) is 24.0. The molecule has 0 fully saturated rings. The van der Waals surface area contributed by atoms with Crippen LogP contribution < -0.4 is 10.6 Å². The molecule has 0 aromatic heterocycles. The van der Waals surface area contributed by atoms with E-state index in [0.717, 1.165) is 20.5 Å². The molecule has 0 heterocycles. The highest BCUT2D eigenvalue weighted by Gasteiger charge is 2.23. The van der Waals surface area contributed by atoms with E-state index in [1.807, 2.05) is 69.3 Å². The molecule has 0 radical (unpaired) electrons. The van der Waals surface area contributed by atoms with Gasteiger partial charge in [-0.05, 0) is 108 Å². The van der Waals surface area contributed by atoms with E-state index in [4.69, 9.17) is 4.74 Å². The van der Waals surface area contributed by atoms with E-state index in [9.17, 15) is 9.59 Å². The summed E-state index contributed by atoms with van der Waals surface area (Å²) in [6, 6.07) is 23.1. The summed E-state index contributed by atoms with van der Waals surface area (Å²) in [5, 5.41) is 6.42. The zero-order valence-electron chi connectivity index (χ0n) is 21.8. The summed E-state index contributed by atoms with van der Waals surface area (Å²) in [4.78, 5) is 25.7. The van der Waals surface area contributed by atoms with E-state index in [2.05, 4.69) is 66.1 Å². The molecule has 3 aromatic carbocycles. The van der Waals surface area contributed by atoms with Crippen molar-refractivity contribution in [3.63, 3.8) is 0 Å². The lowest BCUT2D eigenvalue weighted by molar-refractivity contribution is -0.117. The van der Waals surface area contributed by atoms with Crippen LogP contribution in [0.3, 0.4) is 0 Å². The van der Waals surface area contributed by atoms with Crippen LogP contribution >= 0.6 is 22.6 Å². The van der Waals surface area contributed by atoms with E-state index in [1.165, 1.54) is 5.56 Å². The molecule has 2 N–H and O–H groups in total. The van der Waals surface area contributed by atoms with Gasteiger partial charge in [-0.15, -0.1) is 0 Å². The Labute approximate surface area is 228 Å². The minimum atomic E-state index is -0.547. The van der Waals surface area contributed by atoms with Crippen LogP contribution in [0.5, 0.6) is 0 Å². The van der Waals surface area contributed by atoms with Gasteiger partial charge in [-0.1, -0.05) is 45.0 Å². The minimum absolute atomic E-state index is 0.0333. The molecule has 0 spiro atoms. The molecule has 190 valence electrons. The lowest BCUT2D eigenvalue weighted by atomic mass is 9.85. The Morgan fingerprint density at radius 1 is 0.806 bits per heavy atom. The van der Waals surface area contributed by atoms with Crippen molar-refractivity contribution in [3.05, 3.63) is 93.1 Å². The Morgan fingerprint density at radius 3 is 1.89 bits per heavy atom. The lowest BCUT2D eigenvalue weighted by Crippen LogP contribution is -2.27. The van der Waals surface area contributed by atoms with Crippen molar-refractivity contribution < 1.29 is 14.3 Å². The fourth-order valence-electron chi connectivity index (χ4n) is 3.62. The van der Waals surface area contributed by atoms with Crippen LogP contribution in [0.2, 0.25) is 0 Å². The van der Waals surface area contributed by atoms with Crippen LogP contribution in [-0.4, -0.2) is 24.0 Å². The summed E-state index contributed by atoms with van der Waals surface area (Å²) in [6.07, 6.45) is 0. The molecule has 0 aliphatic heterocycles. The first-order chi connectivity index (χ1) is 16.8. The predicted molar refractivity (Wildman–Crippen MR) is 156 cm³/mol. The SMILES string of the molecule is CC(C)(C)OC(=O)c1ccc(NCC(C(=O)Nc2ccc(I)cc2)c2ccc(C(C)(C)C)cc2)cc1. The van der Waals surface area contributed by atoms with Gasteiger partial charge in [0.2, 0.25) is 5.91 Å². The second-order valence-electron chi connectivity index (χ2n) is 10.9. The van der Waals surface area contributed by atoms with Gasteiger partial charge in [-0.2, -0.15) is 0 Å². The number of carbonyl (C=O) groups excluding carboxylic acids is 2. The van der Waals surface area contributed by atoms with Crippen molar-refractivity contribution in [2.45, 2.75) is 58.5 Å². The first-order valence-electron chi connectivity index (χ1n) is 12.1. The maximum absolute atomic E-state index is 13.4. The Bertz CT molecular complexity index is 1170. The van der Waals surface area contributed by atoms with Crippen molar-refractivity contribution in [3.8, 4) is 0 Å². The van der Waals surface area contributed by atoms with Crippen LogP contribution in [0.25, 0.3) is 0 Å². The number of hydrogen-bond acceptors (Lipinski definition) is 4. The van der Waals surface area contributed by atoms with Gasteiger partial charge in [-0.3, -0.25) is 4.79 Å². The third-order valence-electron chi connectivity index (χ3n) is 5.64. The van der Waals surface area contributed by atoms with Gasteiger partial charge in [0.25, 0.3) is 0 Å².